The second kappa shape index (κ2) is 7.47. The average Bonchev–Trinajstić information content (AvgIpc) is 3.34. The quantitative estimate of drug-likeness (QED) is 0.433. The van der Waals surface area contributed by atoms with E-state index in [4.69, 9.17) is 10.5 Å². The molecule has 0 aromatic heterocycles. The van der Waals surface area contributed by atoms with Crippen LogP contribution in [0.25, 0.3) is 0 Å². The highest BCUT2D eigenvalue weighted by Crippen LogP contribution is 2.49. The summed E-state index contributed by atoms with van der Waals surface area (Å²) in [5.74, 6) is 0.451. The number of alkyl halides is 3. The van der Waals surface area contributed by atoms with Crippen LogP contribution in [-0.4, -0.2) is 43.7 Å². The normalized spacial score (nSPS) is 20.5. The Morgan fingerprint density at radius 3 is 2.50 bits per heavy atom. The fourth-order valence-corrected chi connectivity index (χ4v) is 2.84. The van der Waals surface area contributed by atoms with Gasteiger partial charge in [-0.25, -0.2) is 0 Å². The molecule has 24 heavy (non-hydrogen) atoms. The summed E-state index contributed by atoms with van der Waals surface area (Å²) in [4.78, 5) is 6.38. The van der Waals surface area contributed by atoms with Crippen molar-refractivity contribution in [3.63, 3.8) is 0 Å². The molecule has 134 valence electrons. The van der Waals surface area contributed by atoms with Crippen LogP contribution in [0.15, 0.2) is 29.3 Å². The topological polar surface area (TPSA) is 50.8 Å². The van der Waals surface area contributed by atoms with Crippen LogP contribution in [0.4, 0.5) is 13.2 Å². The van der Waals surface area contributed by atoms with Crippen molar-refractivity contribution in [1.29, 1.82) is 0 Å². The Morgan fingerprint density at radius 2 is 1.92 bits per heavy atom. The zero-order valence-electron chi connectivity index (χ0n) is 13.2. The number of morpholine rings is 1. The van der Waals surface area contributed by atoms with Crippen LogP contribution < -0.4 is 5.73 Å². The van der Waals surface area contributed by atoms with Gasteiger partial charge in [0.1, 0.15) is 0 Å². The Kier molecular flexibility index (Phi) is 6.00. The third-order valence-corrected chi connectivity index (χ3v) is 4.53. The lowest BCUT2D eigenvalue weighted by atomic mass is 9.94. The SMILES string of the molecule is I.NC(=NCC1(c2cccc(C(F)(F)F)c2)CC1)N1CCOCC1. The van der Waals surface area contributed by atoms with Crippen LogP contribution in [0.5, 0.6) is 0 Å². The number of guanidine groups is 1. The summed E-state index contributed by atoms with van der Waals surface area (Å²) in [6.07, 6.45) is -2.63. The van der Waals surface area contributed by atoms with E-state index in [1.165, 1.54) is 12.1 Å². The van der Waals surface area contributed by atoms with Gasteiger partial charge in [-0.3, -0.25) is 4.99 Å². The third-order valence-electron chi connectivity index (χ3n) is 4.53. The lowest BCUT2D eigenvalue weighted by Crippen LogP contribution is -2.45. The predicted molar refractivity (Wildman–Crippen MR) is 96.7 cm³/mol. The van der Waals surface area contributed by atoms with Crippen LogP contribution in [0.3, 0.4) is 0 Å². The van der Waals surface area contributed by atoms with Crippen molar-refractivity contribution in [3.05, 3.63) is 35.4 Å². The van der Waals surface area contributed by atoms with Crippen molar-refractivity contribution in [1.82, 2.24) is 4.90 Å². The van der Waals surface area contributed by atoms with E-state index in [2.05, 4.69) is 4.99 Å². The van der Waals surface area contributed by atoms with Gasteiger partial charge in [0.05, 0.1) is 25.3 Å². The minimum absolute atomic E-state index is 0. The molecule has 0 amide bonds. The Balaban J connectivity index is 0.00000208. The molecule has 1 heterocycles. The fraction of sp³-hybridized carbons (Fsp3) is 0.562. The molecular formula is C16H21F3IN3O. The number of halogens is 4. The molecule has 3 rings (SSSR count). The molecule has 4 nitrogen and oxygen atoms in total. The fourth-order valence-electron chi connectivity index (χ4n) is 2.84. The van der Waals surface area contributed by atoms with Crippen LogP contribution in [-0.2, 0) is 16.3 Å². The molecule has 1 aromatic rings. The highest BCUT2D eigenvalue weighted by atomic mass is 127. The molecule has 0 spiro atoms. The number of nitrogens with zero attached hydrogens (tertiary/aromatic N) is 2. The lowest BCUT2D eigenvalue weighted by Gasteiger charge is -2.28. The Labute approximate surface area is 156 Å². The van der Waals surface area contributed by atoms with Crippen molar-refractivity contribution >= 4 is 29.9 Å². The molecule has 0 unspecified atom stereocenters. The van der Waals surface area contributed by atoms with Crippen molar-refractivity contribution in [2.45, 2.75) is 24.4 Å². The monoisotopic (exact) mass is 455 g/mol. The van der Waals surface area contributed by atoms with E-state index in [-0.39, 0.29) is 29.4 Å². The number of ether oxygens (including phenoxy) is 1. The molecule has 2 fully saturated rings. The minimum atomic E-state index is -4.32. The molecule has 1 aromatic carbocycles. The number of aliphatic imine (C=N–C) groups is 1. The number of nitrogens with two attached hydrogens (primary N) is 1. The first kappa shape index (κ1) is 19.3. The molecule has 0 bridgehead atoms. The number of rotatable bonds is 3. The van der Waals surface area contributed by atoms with E-state index in [0.717, 1.165) is 18.9 Å². The molecule has 1 saturated heterocycles. The Hall–Kier alpha value is -1.03. The maximum Gasteiger partial charge on any atom is 0.416 e. The lowest BCUT2D eigenvalue weighted by molar-refractivity contribution is -0.137. The maximum absolute atomic E-state index is 12.9. The van der Waals surface area contributed by atoms with E-state index in [9.17, 15) is 13.2 Å². The smallest absolute Gasteiger partial charge is 0.378 e. The van der Waals surface area contributed by atoms with Gasteiger partial charge >= 0.3 is 6.18 Å². The van der Waals surface area contributed by atoms with Gasteiger partial charge in [0, 0.05) is 18.5 Å². The molecule has 1 aliphatic heterocycles. The average molecular weight is 455 g/mol. The summed E-state index contributed by atoms with van der Waals surface area (Å²) in [5.41, 5.74) is 5.80. The summed E-state index contributed by atoms with van der Waals surface area (Å²) in [6.45, 7) is 3.07. The molecule has 1 aliphatic carbocycles. The zero-order valence-corrected chi connectivity index (χ0v) is 15.5. The molecule has 0 atom stereocenters. The molecule has 2 N–H and O–H groups in total. The van der Waals surface area contributed by atoms with Gasteiger partial charge < -0.3 is 15.4 Å². The van der Waals surface area contributed by atoms with Crippen molar-refractivity contribution in [3.8, 4) is 0 Å². The van der Waals surface area contributed by atoms with Crippen LogP contribution in [0.2, 0.25) is 0 Å². The van der Waals surface area contributed by atoms with Gasteiger partial charge in [-0.05, 0) is 24.5 Å². The first-order valence-electron chi connectivity index (χ1n) is 7.71. The van der Waals surface area contributed by atoms with E-state index in [0.29, 0.717) is 44.4 Å². The van der Waals surface area contributed by atoms with E-state index >= 15 is 0 Å². The predicted octanol–water partition coefficient (Wildman–Crippen LogP) is 3.00. The largest absolute Gasteiger partial charge is 0.416 e. The number of hydrogen-bond acceptors (Lipinski definition) is 2. The van der Waals surface area contributed by atoms with E-state index in [1.54, 1.807) is 6.07 Å². The van der Waals surface area contributed by atoms with Crippen LogP contribution in [0, 0.1) is 0 Å². The summed E-state index contributed by atoms with van der Waals surface area (Å²) in [7, 11) is 0. The van der Waals surface area contributed by atoms with Crippen molar-refractivity contribution in [2.24, 2.45) is 10.7 Å². The molecule has 2 aliphatic rings. The summed E-state index contributed by atoms with van der Waals surface area (Å²) in [5, 5.41) is 0. The second-order valence-corrected chi connectivity index (χ2v) is 6.13. The van der Waals surface area contributed by atoms with Gasteiger partial charge in [-0.1, -0.05) is 18.2 Å². The highest BCUT2D eigenvalue weighted by Gasteiger charge is 2.45. The highest BCUT2D eigenvalue weighted by molar-refractivity contribution is 14.0. The van der Waals surface area contributed by atoms with E-state index < -0.39 is 11.7 Å². The van der Waals surface area contributed by atoms with E-state index in [1.807, 2.05) is 4.90 Å². The summed E-state index contributed by atoms with van der Waals surface area (Å²) >= 11 is 0. The van der Waals surface area contributed by atoms with Gasteiger partial charge in [-0.2, -0.15) is 13.2 Å². The minimum Gasteiger partial charge on any atom is -0.378 e. The second-order valence-electron chi connectivity index (χ2n) is 6.13. The van der Waals surface area contributed by atoms with Crippen LogP contribution in [0.1, 0.15) is 24.0 Å². The van der Waals surface area contributed by atoms with Crippen molar-refractivity contribution < 1.29 is 17.9 Å². The summed E-state index contributed by atoms with van der Waals surface area (Å²) < 4.78 is 43.9. The number of hydrogen-bond donors (Lipinski definition) is 1. The standard InChI is InChI=1S/C16H20F3N3O.HI/c17-16(18,19)13-3-1-2-12(10-13)15(4-5-15)11-21-14(20)22-6-8-23-9-7-22;/h1-3,10H,4-9,11H2,(H2,20,21);1H. The molecule has 8 heteroatoms. The third kappa shape index (κ3) is 4.33. The van der Waals surface area contributed by atoms with Gasteiger partial charge in [0.15, 0.2) is 5.96 Å². The van der Waals surface area contributed by atoms with Gasteiger partial charge in [0.25, 0.3) is 0 Å². The van der Waals surface area contributed by atoms with Gasteiger partial charge in [0.2, 0.25) is 0 Å². The van der Waals surface area contributed by atoms with Gasteiger partial charge in [-0.15, -0.1) is 24.0 Å². The maximum atomic E-state index is 12.9. The first-order valence-corrected chi connectivity index (χ1v) is 7.71. The molecular weight excluding hydrogens is 434 g/mol. The molecule has 1 saturated carbocycles. The first-order chi connectivity index (χ1) is 10.9. The Morgan fingerprint density at radius 1 is 1.25 bits per heavy atom. The van der Waals surface area contributed by atoms with Crippen molar-refractivity contribution in [2.75, 3.05) is 32.8 Å². The molecule has 0 radical (unpaired) electrons. The summed E-state index contributed by atoms with van der Waals surface area (Å²) in [6, 6.07) is 5.56. The Bertz CT molecular complexity index is 596. The number of benzene rings is 1. The zero-order chi connectivity index (χ0) is 16.5. The van der Waals surface area contributed by atoms with Crippen LogP contribution >= 0.6 is 24.0 Å².